The molecule has 1 amide bonds. The van der Waals surface area contributed by atoms with Crippen molar-refractivity contribution in [1.29, 1.82) is 0 Å². The maximum absolute atomic E-state index is 12.5. The average Bonchev–Trinajstić information content (AvgIpc) is 3.21. The van der Waals surface area contributed by atoms with E-state index in [0.717, 1.165) is 11.3 Å². The molecule has 8 nitrogen and oxygen atoms in total. The Labute approximate surface area is 180 Å². The number of amides is 1. The summed E-state index contributed by atoms with van der Waals surface area (Å²) in [6.45, 7) is 6.56. The average molecular weight is 423 g/mol. The van der Waals surface area contributed by atoms with Gasteiger partial charge in [-0.2, -0.15) is 0 Å². The number of carbonyl (C=O) groups excluding carboxylic acids is 2. The van der Waals surface area contributed by atoms with Crippen LogP contribution >= 0.6 is 0 Å². The third-order valence-electron chi connectivity index (χ3n) is 5.15. The van der Waals surface area contributed by atoms with Crippen LogP contribution in [0, 0.1) is 12.8 Å². The Kier molecular flexibility index (Phi) is 5.79. The van der Waals surface area contributed by atoms with E-state index in [0.29, 0.717) is 30.4 Å². The number of fused-ring (bicyclic) bond motifs is 2. The fourth-order valence-corrected chi connectivity index (χ4v) is 3.56. The minimum absolute atomic E-state index is 0.114. The zero-order valence-corrected chi connectivity index (χ0v) is 17.8. The molecular weight excluding hydrogens is 398 g/mol. The standard InChI is InChI=1S/C23H25N3O5/c1-14(2)22(16-7-8-18-19(11-16)30-10-9-29-18)25-21(27)13-31-23(28)17-12-26-15(3)5-4-6-20(26)24-17/h4-8,11-12,14,22H,9-10,13H2,1-3H3,(H,25,27). The summed E-state index contributed by atoms with van der Waals surface area (Å²) >= 11 is 0. The van der Waals surface area contributed by atoms with Gasteiger partial charge < -0.3 is 23.9 Å². The van der Waals surface area contributed by atoms with Gasteiger partial charge >= 0.3 is 5.97 Å². The number of hydrogen-bond donors (Lipinski definition) is 1. The molecule has 2 aromatic heterocycles. The molecule has 0 bridgehead atoms. The minimum atomic E-state index is -0.640. The lowest BCUT2D eigenvalue weighted by atomic mass is 9.95. The second-order valence-corrected chi connectivity index (χ2v) is 7.79. The van der Waals surface area contributed by atoms with Gasteiger partial charge in [0.05, 0.1) is 6.04 Å². The van der Waals surface area contributed by atoms with E-state index < -0.39 is 5.97 Å². The first kappa shape index (κ1) is 20.7. The fraction of sp³-hybridized carbons (Fsp3) is 0.348. The Bertz CT molecular complexity index is 1120. The number of nitrogens with zero attached hydrogens (tertiary/aromatic N) is 2. The van der Waals surface area contributed by atoms with Gasteiger partial charge in [0.2, 0.25) is 0 Å². The van der Waals surface area contributed by atoms with Crippen LogP contribution < -0.4 is 14.8 Å². The van der Waals surface area contributed by atoms with Crippen molar-refractivity contribution < 1.29 is 23.8 Å². The van der Waals surface area contributed by atoms with Crippen LogP contribution in [0.5, 0.6) is 11.5 Å². The van der Waals surface area contributed by atoms with E-state index >= 15 is 0 Å². The van der Waals surface area contributed by atoms with Crippen molar-refractivity contribution in [3.8, 4) is 11.5 Å². The molecule has 31 heavy (non-hydrogen) atoms. The first-order valence-electron chi connectivity index (χ1n) is 10.2. The lowest BCUT2D eigenvalue weighted by molar-refractivity contribution is -0.125. The summed E-state index contributed by atoms with van der Waals surface area (Å²) < 4.78 is 18.2. The summed E-state index contributed by atoms with van der Waals surface area (Å²) in [4.78, 5) is 29.1. The third kappa shape index (κ3) is 4.47. The normalized spacial score (nSPS) is 13.8. The number of pyridine rings is 1. The number of hydrogen-bond acceptors (Lipinski definition) is 6. The maximum atomic E-state index is 12.5. The van der Waals surface area contributed by atoms with Crippen LogP contribution in [-0.4, -0.2) is 41.1 Å². The largest absolute Gasteiger partial charge is 0.486 e. The summed E-state index contributed by atoms with van der Waals surface area (Å²) in [6.07, 6.45) is 1.61. The molecule has 1 atom stereocenters. The molecule has 162 valence electrons. The van der Waals surface area contributed by atoms with Crippen LogP contribution in [0.1, 0.15) is 41.6 Å². The van der Waals surface area contributed by atoms with Crippen molar-refractivity contribution in [3.63, 3.8) is 0 Å². The van der Waals surface area contributed by atoms with E-state index in [4.69, 9.17) is 14.2 Å². The molecule has 3 aromatic rings. The monoisotopic (exact) mass is 423 g/mol. The van der Waals surface area contributed by atoms with Gasteiger partial charge in [-0.1, -0.05) is 26.0 Å². The van der Waals surface area contributed by atoms with Gasteiger partial charge in [0, 0.05) is 11.9 Å². The first-order chi connectivity index (χ1) is 14.9. The highest BCUT2D eigenvalue weighted by molar-refractivity contribution is 5.90. The Morgan fingerprint density at radius 1 is 1.16 bits per heavy atom. The predicted octanol–water partition coefficient (Wildman–Crippen LogP) is 3.08. The number of benzene rings is 1. The summed E-state index contributed by atoms with van der Waals surface area (Å²) in [7, 11) is 0. The highest BCUT2D eigenvalue weighted by Crippen LogP contribution is 2.34. The zero-order chi connectivity index (χ0) is 22.0. The fourth-order valence-electron chi connectivity index (χ4n) is 3.56. The van der Waals surface area contributed by atoms with Crippen LogP contribution in [0.25, 0.3) is 5.65 Å². The van der Waals surface area contributed by atoms with Gasteiger partial charge in [0.1, 0.15) is 18.9 Å². The van der Waals surface area contributed by atoms with Gasteiger partial charge in [-0.05, 0) is 42.7 Å². The summed E-state index contributed by atoms with van der Waals surface area (Å²) in [5, 5.41) is 2.94. The van der Waals surface area contributed by atoms with Crippen molar-refractivity contribution in [2.75, 3.05) is 19.8 Å². The summed E-state index contributed by atoms with van der Waals surface area (Å²) in [5.74, 6) is 0.446. The number of imidazole rings is 1. The third-order valence-corrected chi connectivity index (χ3v) is 5.15. The van der Waals surface area contributed by atoms with Crippen molar-refractivity contribution >= 4 is 17.5 Å². The van der Waals surface area contributed by atoms with Gasteiger partial charge in [-0.3, -0.25) is 4.79 Å². The van der Waals surface area contributed by atoms with E-state index in [1.54, 1.807) is 16.7 Å². The topological polar surface area (TPSA) is 91.2 Å². The first-order valence-corrected chi connectivity index (χ1v) is 10.2. The molecule has 1 N–H and O–H groups in total. The summed E-state index contributed by atoms with van der Waals surface area (Å²) in [5.41, 5.74) is 2.65. The van der Waals surface area contributed by atoms with Crippen molar-refractivity contribution in [2.45, 2.75) is 26.8 Å². The predicted molar refractivity (Wildman–Crippen MR) is 113 cm³/mol. The number of aromatic nitrogens is 2. The number of nitrogens with one attached hydrogen (secondary N) is 1. The van der Waals surface area contributed by atoms with Crippen LogP contribution in [0.3, 0.4) is 0 Å². The molecule has 0 fully saturated rings. The highest BCUT2D eigenvalue weighted by atomic mass is 16.6. The number of ether oxygens (including phenoxy) is 3. The van der Waals surface area contributed by atoms with Crippen LogP contribution in [-0.2, 0) is 9.53 Å². The van der Waals surface area contributed by atoms with E-state index in [1.807, 2.05) is 51.1 Å². The van der Waals surface area contributed by atoms with Crippen molar-refractivity contribution in [3.05, 3.63) is 59.5 Å². The summed E-state index contributed by atoms with van der Waals surface area (Å²) in [6, 6.07) is 11.0. The van der Waals surface area contributed by atoms with E-state index in [9.17, 15) is 9.59 Å². The second kappa shape index (κ2) is 8.67. The van der Waals surface area contributed by atoms with Crippen LogP contribution in [0.4, 0.5) is 0 Å². The van der Waals surface area contributed by atoms with Crippen LogP contribution in [0.15, 0.2) is 42.6 Å². The molecule has 0 aliphatic carbocycles. The molecule has 4 rings (SSSR count). The molecule has 3 heterocycles. The van der Waals surface area contributed by atoms with E-state index in [1.165, 1.54) is 0 Å². The quantitative estimate of drug-likeness (QED) is 0.613. The van der Waals surface area contributed by atoms with E-state index in [-0.39, 0.29) is 30.2 Å². The molecular formula is C23H25N3O5. The smallest absolute Gasteiger partial charge is 0.359 e. The van der Waals surface area contributed by atoms with Gasteiger partial charge in [0.25, 0.3) is 5.91 Å². The molecule has 1 aliphatic rings. The molecule has 0 spiro atoms. The van der Waals surface area contributed by atoms with Gasteiger partial charge in [0.15, 0.2) is 23.8 Å². The van der Waals surface area contributed by atoms with Gasteiger partial charge in [-0.25, -0.2) is 9.78 Å². The molecule has 8 heteroatoms. The number of aryl methyl sites for hydroxylation is 1. The Hall–Kier alpha value is -3.55. The highest BCUT2D eigenvalue weighted by Gasteiger charge is 2.22. The second-order valence-electron chi connectivity index (χ2n) is 7.79. The molecule has 1 aromatic carbocycles. The zero-order valence-electron chi connectivity index (χ0n) is 17.8. The van der Waals surface area contributed by atoms with Gasteiger partial charge in [-0.15, -0.1) is 0 Å². The Morgan fingerprint density at radius 2 is 1.94 bits per heavy atom. The van der Waals surface area contributed by atoms with Crippen molar-refractivity contribution in [2.24, 2.45) is 5.92 Å². The minimum Gasteiger partial charge on any atom is -0.486 e. The number of rotatable bonds is 6. The Balaban J connectivity index is 1.40. The van der Waals surface area contributed by atoms with E-state index in [2.05, 4.69) is 10.3 Å². The molecule has 0 radical (unpaired) electrons. The SMILES string of the molecule is Cc1cccc2nc(C(=O)OCC(=O)NC(c3ccc4c(c3)OCCO4)C(C)C)cn12. The molecule has 1 aliphatic heterocycles. The number of carbonyl (C=O) groups is 2. The molecule has 0 saturated carbocycles. The molecule has 1 unspecified atom stereocenters. The number of esters is 1. The Morgan fingerprint density at radius 3 is 2.68 bits per heavy atom. The van der Waals surface area contributed by atoms with Crippen LogP contribution in [0.2, 0.25) is 0 Å². The molecule has 0 saturated heterocycles. The maximum Gasteiger partial charge on any atom is 0.359 e. The van der Waals surface area contributed by atoms with Crippen molar-refractivity contribution in [1.82, 2.24) is 14.7 Å². The lowest BCUT2D eigenvalue weighted by Crippen LogP contribution is -2.35. The lowest BCUT2D eigenvalue weighted by Gasteiger charge is -2.25.